The standard InChI is InChI=1S/C11H15N5O2S/c1-6(2)7-4-8(17)13-10-14-15-11(16(7)10)19-5-9(18)12-3/h4,6H,5H2,1-3H3,(H,12,18)(H,13,14,17). The fourth-order valence-corrected chi connectivity index (χ4v) is 2.47. The summed E-state index contributed by atoms with van der Waals surface area (Å²) < 4.78 is 1.78. The van der Waals surface area contributed by atoms with E-state index in [4.69, 9.17) is 0 Å². The van der Waals surface area contributed by atoms with Crippen LogP contribution in [0.3, 0.4) is 0 Å². The van der Waals surface area contributed by atoms with Crippen LogP contribution in [-0.2, 0) is 4.79 Å². The van der Waals surface area contributed by atoms with Crippen molar-refractivity contribution in [2.24, 2.45) is 0 Å². The van der Waals surface area contributed by atoms with Gasteiger partial charge in [0.15, 0.2) is 5.16 Å². The Morgan fingerprint density at radius 1 is 1.53 bits per heavy atom. The maximum absolute atomic E-state index is 11.5. The molecule has 0 unspecified atom stereocenters. The maximum Gasteiger partial charge on any atom is 0.252 e. The van der Waals surface area contributed by atoms with Crippen LogP contribution in [0.2, 0.25) is 0 Å². The lowest BCUT2D eigenvalue weighted by molar-refractivity contribution is -0.118. The van der Waals surface area contributed by atoms with Crippen LogP contribution in [0.25, 0.3) is 5.78 Å². The molecule has 0 spiro atoms. The lowest BCUT2D eigenvalue weighted by Gasteiger charge is -2.09. The van der Waals surface area contributed by atoms with Crippen molar-refractivity contribution < 1.29 is 4.79 Å². The van der Waals surface area contributed by atoms with Gasteiger partial charge in [0.2, 0.25) is 11.7 Å². The number of amides is 1. The van der Waals surface area contributed by atoms with Crippen LogP contribution in [-0.4, -0.2) is 38.3 Å². The number of rotatable bonds is 4. The molecule has 1 amide bonds. The first-order valence-corrected chi connectivity index (χ1v) is 6.83. The third-order valence-electron chi connectivity index (χ3n) is 2.61. The molecule has 2 aromatic rings. The van der Waals surface area contributed by atoms with Crippen molar-refractivity contribution in [2.75, 3.05) is 12.8 Å². The number of hydrogen-bond donors (Lipinski definition) is 2. The molecule has 0 bridgehead atoms. The van der Waals surface area contributed by atoms with E-state index in [0.29, 0.717) is 10.9 Å². The summed E-state index contributed by atoms with van der Waals surface area (Å²) in [6.07, 6.45) is 0. The number of aromatic nitrogens is 4. The normalized spacial score (nSPS) is 11.2. The second kappa shape index (κ2) is 5.43. The van der Waals surface area contributed by atoms with Gasteiger partial charge in [-0.15, -0.1) is 10.2 Å². The van der Waals surface area contributed by atoms with Gasteiger partial charge in [0.05, 0.1) is 5.75 Å². The zero-order chi connectivity index (χ0) is 14.0. The molecule has 0 atom stereocenters. The van der Waals surface area contributed by atoms with Gasteiger partial charge >= 0.3 is 0 Å². The summed E-state index contributed by atoms with van der Waals surface area (Å²) in [5.74, 6) is 0.724. The van der Waals surface area contributed by atoms with Gasteiger partial charge in [-0.1, -0.05) is 25.6 Å². The number of fused-ring (bicyclic) bond motifs is 1. The lowest BCUT2D eigenvalue weighted by atomic mass is 10.1. The topological polar surface area (TPSA) is 92.2 Å². The highest BCUT2D eigenvalue weighted by molar-refractivity contribution is 7.99. The van der Waals surface area contributed by atoms with Crippen molar-refractivity contribution in [3.63, 3.8) is 0 Å². The number of H-pyrrole nitrogens is 1. The first-order valence-electron chi connectivity index (χ1n) is 5.84. The highest BCUT2D eigenvalue weighted by Crippen LogP contribution is 2.20. The van der Waals surface area contributed by atoms with E-state index in [1.54, 1.807) is 11.4 Å². The summed E-state index contributed by atoms with van der Waals surface area (Å²) in [5, 5.41) is 11.1. The fourth-order valence-electron chi connectivity index (χ4n) is 1.65. The van der Waals surface area contributed by atoms with E-state index in [0.717, 1.165) is 5.69 Å². The third-order valence-corrected chi connectivity index (χ3v) is 3.54. The van der Waals surface area contributed by atoms with Crippen LogP contribution in [0.1, 0.15) is 25.5 Å². The number of hydrogen-bond acceptors (Lipinski definition) is 5. The molecule has 0 radical (unpaired) electrons. The van der Waals surface area contributed by atoms with Gasteiger partial charge in [-0.05, 0) is 5.92 Å². The molecule has 0 aliphatic rings. The van der Waals surface area contributed by atoms with E-state index >= 15 is 0 Å². The van der Waals surface area contributed by atoms with Gasteiger partial charge in [0.1, 0.15) is 0 Å². The average Bonchev–Trinajstić information content (AvgIpc) is 2.77. The molecular weight excluding hydrogens is 266 g/mol. The van der Waals surface area contributed by atoms with Crippen LogP contribution in [0.5, 0.6) is 0 Å². The molecule has 0 aliphatic carbocycles. The molecule has 0 saturated carbocycles. The van der Waals surface area contributed by atoms with Gasteiger partial charge in [-0.25, -0.2) is 0 Å². The Bertz CT molecular complexity index is 661. The number of thioether (sulfide) groups is 1. The molecule has 2 aromatic heterocycles. The highest BCUT2D eigenvalue weighted by Gasteiger charge is 2.14. The minimum absolute atomic E-state index is 0.0859. The summed E-state index contributed by atoms with van der Waals surface area (Å²) in [6.45, 7) is 3.98. The molecule has 0 aliphatic heterocycles. The minimum Gasteiger partial charge on any atom is -0.358 e. The highest BCUT2D eigenvalue weighted by atomic mass is 32.2. The molecule has 0 saturated heterocycles. The smallest absolute Gasteiger partial charge is 0.252 e. The number of carbonyl (C=O) groups is 1. The lowest BCUT2D eigenvalue weighted by Crippen LogP contribution is -2.20. The Morgan fingerprint density at radius 2 is 2.26 bits per heavy atom. The predicted octanol–water partition coefficient (Wildman–Crippen LogP) is 0.379. The van der Waals surface area contributed by atoms with Crippen molar-refractivity contribution in [1.29, 1.82) is 0 Å². The molecule has 0 aromatic carbocycles. The van der Waals surface area contributed by atoms with Gasteiger partial charge in [-0.3, -0.25) is 19.0 Å². The summed E-state index contributed by atoms with van der Waals surface area (Å²) in [7, 11) is 1.59. The molecule has 2 rings (SSSR count). The number of nitrogens with one attached hydrogen (secondary N) is 2. The molecule has 19 heavy (non-hydrogen) atoms. The quantitative estimate of drug-likeness (QED) is 0.790. The Balaban J connectivity index is 2.45. The Hall–Kier alpha value is -1.83. The Labute approximate surface area is 113 Å². The van der Waals surface area contributed by atoms with Crippen molar-refractivity contribution in [2.45, 2.75) is 24.9 Å². The Kier molecular flexibility index (Phi) is 3.89. The maximum atomic E-state index is 11.5. The number of nitrogens with zero attached hydrogens (tertiary/aromatic N) is 3. The van der Waals surface area contributed by atoms with Crippen molar-refractivity contribution in [1.82, 2.24) is 24.9 Å². The summed E-state index contributed by atoms with van der Waals surface area (Å²) in [5.41, 5.74) is 0.620. The van der Waals surface area contributed by atoms with E-state index in [2.05, 4.69) is 20.5 Å². The summed E-state index contributed by atoms with van der Waals surface area (Å²) in [6, 6.07) is 1.53. The zero-order valence-electron chi connectivity index (χ0n) is 10.9. The number of aromatic amines is 1. The minimum atomic E-state index is -0.202. The van der Waals surface area contributed by atoms with E-state index < -0.39 is 0 Å². The fraction of sp³-hybridized carbons (Fsp3) is 0.455. The van der Waals surface area contributed by atoms with E-state index in [9.17, 15) is 9.59 Å². The largest absolute Gasteiger partial charge is 0.358 e. The van der Waals surface area contributed by atoms with Crippen LogP contribution in [0.4, 0.5) is 0 Å². The predicted molar refractivity (Wildman–Crippen MR) is 72.5 cm³/mol. The van der Waals surface area contributed by atoms with Gasteiger partial charge in [0.25, 0.3) is 5.56 Å². The molecular formula is C11H15N5O2S. The van der Waals surface area contributed by atoms with Gasteiger partial charge < -0.3 is 5.32 Å². The van der Waals surface area contributed by atoms with Crippen molar-refractivity contribution in [3.8, 4) is 0 Å². The number of carbonyl (C=O) groups excluding carboxylic acids is 1. The van der Waals surface area contributed by atoms with Crippen molar-refractivity contribution >= 4 is 23.4 Å². The SMILES string of the molecule is CNC(=O)CSc1nnc2[nH]c(=O)cc(C(C)C)n12. The monoisotopic (exact) mass is 281 g/mol. The average molecular weight is 281 g/mol. The summed E-state index contributed by atoms with van der Waals surface area (Å²) >= 11 is 1.28. The first kappa shape index (κ1) is 13.6. The van der Waals surface area contributed by atoms with Crippen LogP contribution in [0.15, 0.2) is 16.0 Å². The van der Waals surface area contributed by atoms with Crippen LogP contribution in [0, 0.1) is 0 Å². The van der Waals surface area contributed by atoms with E-state index in [1.165, 1.54) is 17.8 Å². The van der Waals surface area contributed by atoms with Gasteiger partial charge in [-0.2, -0.15) is 0 Å². The third kappa shape index (κ3) is 2.78. The van der Waals surface area contributed by atoms with E-state index in [-0.39, 0.29) is 23.1 Å². The van der Waals surface area contributed by atoms with Crippen LogP contribution >= 0.6 is 11.8 Å². The first-order chi connectivity index (χ1) is 9.02. The second-order valence-electron chi connectivity index (χ2n) is 4.32. The molecule has 8 heteroatoms. The Morgan fingerprint density at radius 3 is 2.89 bits per heavy atom. The summed E-state index contributed by atoms with van der Waals surface area (Å²) in [4.78, 5) is 25.4. The van der Waals surface area contributed by atoms with Crippen molar-refractivity contribution in [3.05, 3.63) is 22.1 Å². The zero-order valence-corrected chi connectivity index (χ0v) is 11.7. The molecule has 2 heterocycles. The van der Waals surface area contributed by atoms with Crippen LogP contribution < -0.4 is 10.9 Å². The molecule has 0 fully saturated rings. The second-order valence-corrected chi connectivity index (χ2v) is 5.26. The van der Waals surface area contributed by atoms with Gasteiger partial charge in [0, 0.05) is 18.8 Å². The molecule has 7 nitrogen and oxygen atoms in total. The molecule has 102 valence electrons. The van der Waals surface area contributed by atoms with E-state index in [1.807, 2.05) is 13.8 Å². The molecule has 2 N–H and O–H groups in total.